The molecule has 13 heteroatoms. The molecule has 1 amide bonds. The normalized spacial score (nSPS) is 14.5. The van der Waals surface area contributed by atoms with E-state index in [1.807, 2.05) is 5.10 Å². The number of alkyl halides is 3. The molecular formula is C21H18ClF3N8O. The molecule has 4 heterocycles. The van der Waals surface area contributed by atoms with E-state index in [1.54, 1.807) is 23.1 Å². The van der Waals surface area contributed by atoms with Crippen molar-refractivity contribution in [2.45, 2.75) is 6.18 Å². The minimum absolute atomic E-state index is 0.129. The summed E-state index contributed by atoms with van der Waals surface area (Å²) in [6.07, 6.45) is 0.791. The van der Waals surface area contributed by atoms with Gasteiger partial charge in [0.15, 0.2) is 11.5 Å². The van der Waals surface area contributed by atoms with Crippen LogP contribution in [0.4, 0.5) is 24.7 Å². The Labute approximate surface area is 196 Å². The summed E-state index contributed by atoms with van der Waals surface area (Å²) in [4.78, 5) is 23.0. The number of anilines is 2. The molecular weight excluding hydrogens is 473 g/mol. The van der Waals surface area contributed by atoms with Crippen molar-refractivity contribution in [3.05, 3.63) is 59.3 Å². The van der Waals surface area contributed by atoms with E-state index in [0.29, 0.717) is 35.8 Å². The summed E-state index contributed by atoms with van der Waals surface area (Å²) in [6.45, 7) is 2.68. The molecule has 9 nitrogen and oxygen atoms in total. The predicted molar refractivity (Wildman–Crippen MR) is 119 cm³/mol. The Bertz CT molecular complexity index is 1360. The van der Waals surface area contributed by atoms with Gasteiger partial charge in [-0.25, -0.2) is 9.97 Å². The van der Waals surface area contributed by atoms with Gasteiger partial charge in [0.2, 0.25) is 0 Å². The van der Waals surface area contributed by atoms with Crippen molar-refractivity contribution >= 4 is 34.7 Å². The summed E-state index contributed by atoms with van der Waals surface area (Å²) in [5.74, 6) is 0.166. The lowest BCUT2D eigenvalue weighted by Gasteiger charge is -2.27. The zero-order chi connectivity index (χ0) is 23.9. The number of piperazine rings is 1. The zero-order valence-electron chi connectivity index (χ0n) is 17.5. The van der Waals surface area contributed by atoms with Crippen molar-refractivity contribution in [2.75, 3.05) is 31.5 Å². The molecule has 1 saturated heterocycles. The lowest BCUT2D eigenvalue weighted by molar-refractivity contribution is -0.140. The summed E-state index contributed by atoms with van der Waals surface area (Å²) in [7, 11) is 0. The highest BCUT2D eigenvalue weighted by molar-refractivity contribution is 6.34. The number of hydrogen-bond donors (Lipinski definition) is 3. The minimum Gasteiger partial charge on any atom is -0.337 e. The third kappa shape index (κ3) is 4.05. The fourth-order valence-electron chi connectivity index (χ4n) is 3.84. The van der Waals surface area contributed by atoms with E-state index < -0.39 is 11.9 Å². The number of nitrogens with one attached hydrogen (secondary N) is 3. The van der Waals surface area contributed by atoms with Crippen LogP contribution in [0.2, 0.25) is 5.02 Å². The molecule has 0 saturated carbocycles. The van der Waals surface area contributed by atoms with Crippen LogP contribution in [0.5, 0.6) is 0 Å². The number of carbonyl (C=O) groups is 1. The number of nitrogens with zero attached hydrogens (tertiary/aromatic N) is 5. The second kappa shape index (κ2) is 8.61. The highest BCUT2D eigenvalue weighted by Gasteiger charge is 2.36. The second-order valence-corrected chi connectivity index (χ2v) is 8.04. The summed E-state index contributed by atoms with van der Waals surface area (Å²) in [5.41, 5.74) is 0.364. The number of H-pyrrole nitrogens is 1. The van der Waals surface area contributed by atoms with Crippen molar-refractivity contribution < 1.29 is 18.0 Å². The van der Waals surface area contributed by atoms with Gasteiger partial charge in [-0.3, -0.25) is 14.3 Å². The van der Waals surface area contributed by atoms with E-state index in [1.165, 1.54) is 23.0 Å². The predicted octanol–water partition coefficient (Wildman–Crippen LogP) is 3.58. The summed E-state index contributed by atoms with van der Waals surface area (Å²) in [6, 6.07) is 4.92. The lowest BCUT2D eigenvalue weighted by atomic mass is 10.1. The zero-order valence-corrected chi connectivity index (χ0v) is 18.3. The molecule has 1 aliphatic rings. The first kappa shape index (κ1) is 22.2. The van der Waals surface area contributed by atoms with Gasteiger partial charge in [0.25, 0.3) is 5.91 Å². The molecule has 1 aromatic carbocycles. The van der Waals surface area contributed by atoms with Crippen LogP contribution in [0.1, 0.15) is 16.1 Å². The fraction of sp³-hybridized carbons (Fsp3) is 0.238. The molecule has 3 N–H and O–H groups in total. The number of aromatic amines is 1. The van der Waals surface area contributed by atoms with Crippen LogP contribution in [0, 0.1) is 0 Å². The largest absolute Gasteiger partial charge is 0.433 e. The van der Waals surface area contributed by atoms with Gasteiger partial charge in [-0.1, -0.05) is 11.6 Å². The van der Waals surface area contributed by atoms with Gasteiger partial charge < -0.3 is 15.5 Å². The lowest BCUT2D eigenvalue weighted by Crippen LogP contribution is -2.46. The maximum Gasteiger partial charge on any atom is 0.433 e. The Kier molecular flexibility index (Phi) is 5.62. The van der Waals surface area contributed by atoms with Gasteiger partial charge in [0.05, 0.1) is 34.2 Å². The quantitative estimate of drug-likeness (QED) is 0.404. The SMILES string of the molecule is O=C(c1ccc(Nc2nccn3c(-c4cn[nH]c4C(F)(F)F)cnc23)cc1Cl)N1CCNCC1. The van der Waals surface area contributed by atoms with E-state index in [4.69, 9.17) is 11.6 Å². The Morgan fingerprint density at radius 3 is 2.68 bits per heavy atom. The molecule has 0 unspecified atom stereocenters. The van der Waals surface area contributed by atoms with Gasteiger partial charge in [0, 0.05) is 44.3 Å². The number of rotatable bonds is 4. The second-order valence-electron chi connectivity index (χ2n) is 7.63. The first-order valence-electron chi connectivity index (χ1n) is 10.3. The highest BCUT2D eigenvalue weighted by atomic mass is 35.5. The number of benzene rings is 1. The fourth-order valence-corrected chi connectivity index (χ4v) is 4.11. The molecule has 176 valence electrons. The van der Waals surface area contributed by atoms with Crippen LogP contribution in [0.15, 0.2) is 43.0 Å². The average Bonchev–Trinajstić information content (AvgIpc) is 3.47. The van der Waals surface area contributed by atoms with Crippen LogP contribution >= 0.6 is 11.6 Å². The van der Waals surface area contributed by atoms with Crippen molar-refractivity contribution in [1.82, 2.24) is 34.8 Å². The maximum absolute atomic E-state index is 13.3. The molecule has 5 rings (SSSR count). The number of halogens is 4. The van der Waals surface area contributed by atoms with Crippen molar-refractivity contribution in [3.63, 3.8) is 0 Å². The monoisotopic (exact) mass is 490 g/mol. The molecule has 0 radical (unpaired) electrons. The van der Waals surface area contributed by atoms with Gasteiger partial charge in [-0.05, 0) is 18.2 Å². The molecule has 1 aliphatic heterocycles. The third-order valence-electron chi connectivity index (χ3n) is 5.49. The number of imidazole rings is 1. The van der Waals surface area contributed by atoms with Crippen LogP contribution in [-0.4, -0.2) is 61.6 Å². The number of fused-ring (bicyclic) bond motifs is 1. The van der Waals surface area contributed by atoms with E-state index in [0.717, 1.165) is 19.3 Å². The van der Waals surface area contributed by atoms with Crippen molar-refractivity contribution in [3.8, 4) is 11.3 Å². The molecule has 34 heavy (non-hydrogen) atoms. The number of amides is 1. The number of carbonyl (C=O) groups excluding carboxylic acids is 1. The Morgan fingerprint density at radius 1 is 1.15 bits per heavy atom. The van der Waals surface area contributed by atoms with Crippen LogP contribution < -0.4 is 10.6 Å². The summed E-state index contributed by atoms with van der Waals surface area (Å²) < 4.78 is 41.4. The standard InChI is InChI=1S/C21H18ClF3N8O/c22-15-9-12(1-2-13(15)20(34)32-6-3-26-4-7-32)30-18-19-28-11-16(33(19)8-5-27-18)14-10-29-31-17(14)21(23,24)25/h1-2,5,8-11,26H,3-4,6-7H2,(H,27,30)(H,29,31). The third-order valence-corrected chi connectivity index (χ3v) is 5.81. The Hall–Kier alpha value is -3.64. The maximum atomic E-state index is 13.3. The molecule has 3 aromatic heterocycles. The molecule has 0 atom stereocenters. The van der Waals surface area contributed by atoms with Crippen LogP contribution in [0.3, 0.4) is 0 Å². The highest BCUT2D eigenvalue weighted by Crippen LogP contribution is 2.36. The molecule has 1 fully saturated rings. The van der Waals surface area contributed by atoms with Crippen LogP contribution in [0.25, 0.3) is 16.9 Å². The first-order chi connectivity index (χ1) is 16.3. The van der Waals surface area contributed by atoms with Gasteiger partial charge in [0.1, 0.15) is 5.69 Å². The molecule has 0 bridgehead atoms. The van der Waals surface area contributed by atoms with Crippen LogP contribution in [-0.2, 0) is 6.18 Å². The number of aromatic nitrogens is 5. The summed E-state index contributed by atoms with van der Waals surface area (Å²) >= 11 is 6.40. The van der Waals surface area contributed by atoms with Gasteiger partial charge >= 0.3 is 6.18 Å². The smallest absolute Gasteiger partial charge is 0.337 e. The van der Waals surface area contributed by atoms with Crippen molar-refractivity contribution in [2.24, 2.45) is 0 Å². The molecule has 4 aromatic rings. The molecule has 0 spiro atoms. The summed E-state index contributed by atoms with van der Waals surface area (Å²) in [5, 5.41) is 12.1. The van der Waals surface area contributed by atoms with E-state index in [2.05, 4.69) is 25.7 Å². The molecule has 0 aliphatic carbocycles. The number of hydrogen-bond acceptors (Lipinski definition) is 6. The Balaban J connectivity index is 1.43. The van der Waals surface area contributed by atoms with Gasteiger partial charge in [-0.2, -0.15) is 18.3 Å². The average molecular weight is 491 g/mol. The topological polar surface area (TPSA) is 103 Å². The Morgan fingerprint density at radius 2 is 1.94 bits per heavy atom. The first-order valence-corrected chi connectivity index (χ1v) is 10.7. The van der Waals surface area contributed by atoms with E-state index >= 15 is 0 Å². The van der Waals surface area contributed by atoms with Gasteiger partial charge in [-0.15, -0.1) is 0 Å². The van der Waals surface area contributed by atoms with E-state index in [-0.39, 0.29) is 22.2 Å². The van der Waals surface area contributed by atoms with Crippen molar-refractivity contribution in [1.29, 1.82) is 0 Å². The van der Waals surface area contributed by atoms with E-state index in [9.17, 15) is 18.0 Å². The minimum atomic E-state index is -4.59.